The molecule has 0 aliphatic carbocycles. The largest absolute Gasteiger partial charge is 0.382 e. The normalized spacial score (nSPS) is 11.1. The monoisotopic (exact) mass is 356 g/mol. The van der Waals surface area contributed by atoms with Crippen LogP contribution in [-0.4, -0.2) is 23.7 Å². The van der Waals surface area contributed by atoms with Crippen molar-refractivity contribution in [3.63, 3.8) is 0 Å². The number of carbonyl (C=O) groups is 1. The van der Waals surface area contributed by atoms with Crippen LogP contribution in [0.1, 0.15) is 60.4 Å². The third-order valence-electron chi connectivity index (χ3n) is 4.86. The molecule has 0 atom stereocenters. The molecule has 0 spiro atoms. The molecule has 0 aliphatic rings. The molecule has 1 amide bonds. The van der Waals surface area contributed by atoms with Gasteiger partial charge < -0.3 is 15.0 Å². The van der Waals surface area contributed by atoms with E-state index in [-0.39, 0.29) is 5.91 Å². The van der Waals surface area contributed by atoms with Gasteiger partial charge in [0.25, 0.3) is 5.91 Å². The molecule has 0 aliphatic heterocycles. The minimum absolute atomic E-state index is 0.348. The SMILES string of the molecule is CCCCc1c(-c2ccc(C)cc2)c(C(N)=O)c(C)n1CCCOCC. The molecule has 1 heterocycles. The lowest BCUT2D eigenvalue weighted by molar-refractivity contribution is 0.1000. The lowest BCUT2D eigenvalue weighted by Crippen LogP contribution is -2.13. The zero-order chi connectivity index (χ0) is 19.1. The van der Waals surface area contributed by atoms with Gasteiger partial charge in [-0.1, -0.05) is 43.2 Å². The highest BCUT2D eigenvalue weighted by Crippen LogP contribution is 2.34. The van der Waals surface area contributed by atoms with Crippen molar-refractivity contribution < 1.29 is 9.53 Å². The number of primary amides is 1. The maximum absolute atomic E-state index is 12.3. The summed E-state index contributed by atoms with van der Waals surface area (Å²) in [4.78, 5) is 12.3. The molecular weight excluding hydrogens is 324 g/mol. The summed E-state index contributed by atoms with van der Waals surface area (Å²) in [7, 11) is 0. The molecule has 1 aromatic heterocycles. The number of hydrogen-bond donors (Lipinski definition) is 1. The third kappa shape index (κ3) is 4.55. The maximum Gasteiger partial charge on any atom is 0.251 e. The van der Waals surface area contributed by atoms with Crippen LogP contribution in [0.3, 0.4) is 0 Å². The fourth-order valence-corrected chi connectivity index (χ4v) is 3.51. The van der Waals surface area contributed by atoms with Crippen LogP contribution in [-0.2, 0) is 17.7 Å². The van der Waals surface area contributed by atoms with Crippen LogP contribution in [0.2, 0.25) is 0 Å². The number of benzene rings is 1. The Balaban J connectivity index is 2.54. The Labute approximate surface area is 157 Å². The Morgan fingerprint density at radius 1 is 1.12 bits per heavy atom. The van der Waals surface area contributed by atoms with Gasteiger partial charge in [0, 0.05) is 36.7 Å². The van der Waals surface area contributed by atoms with E-state index in [1.165, 1.54) is 11.3 Å². The number of aryl methyl sites for hydroxylation is 1. The molecule has 0 saturated heterocycles. The Morgan fingerprint density at radius 3 is 2.38 bits per heavy atom. The predicted molar refractivity (Wildman–Crippen MR) is 108 cm³/mol. The van der Waals surface area contributed by atoms with Crippen LogP contribution < -0.4 is 5.73 Å². The standard InChI is InChI=1S/C22H32N2O2/c1-5-7-9-19-21(18-12-10-16(3)11-13-18)20(22(23)25)17(4)24(19)14-8-15-26-6-2/h10-13H,5-9,14-15H2,1-4H3,(H2,23,25). The Kier molecular flexibility index (Phi) is 7.46. The lowest BCUT2D eigenvalue weighted by atomic mass is 9.97. The lowest BCUT2D eigenvalue weighted by Gasteiger charge is -2.13. The van der Waals surface area contributed by atoms with Crippen molar-refractivity contribution in [2.24, 2.45) is 5.73 Å². The summed E-state index contributed by atoms with van der Waals surface area (Å²) < 4.78 is 7.78. The van der Waals surface area contributed by atoms with Gasteiger partial charge in [0.15, 0.2) is 0 Å². The van der Waals surface area contributed by atoms with Gasteiger partial charge in [-0.2, -0.15) is 0 Å². The van der Waals surface area contributed by atoms with Crippen LogP contribution in [0.4, 0.5) is 0 Å². The van der Waals surface area contributed by atoms with Crippen molar-refractivity contribution in [1.82, 2.24) is 4.57 Å². The first-order valence-electron chi connectivity index (χ1n) is 9.67. The van der Waals surface area contributed by atoms with E-state index >= 15 is 0 Å². The van der Waals surface area contributed by atoms with Gasteiger partial charge in [-0.25, -0.2) is 0 Å². The summed E-state index contributed by atoms with van der Waals surface area (Å²) in [6, 6.07) is 8.37. The smallest absolute Gasteiger partial charge is 0.251 e. The zero-order valence-corrected chi connectivity index (χ0v) is 16.6. The summed E-state index contributed by atoms with van der Waals surface area (Å²) in [6.07, 6.45) is 4.07. The minimum Gasteiger partial charge on any atom is -0.382 e. The average molecular weight is 357 g/mol. The van der Waals surface area contributed by atoms with E-state index in [1.807, 2.05) is 13.8 Å². The van der Waals surface area contributed by atoms with Gasteiger partial charge in [0.2, 0.25) is 0 Å². The van der Waals surface area contributed by atoms with Gasteiger partial charge in [-0.15, -0.1) is 0 Å². The first-order valence-corrected chi connectivity index (χ1v) is 9.67. The molecule has 4 heteroatoms. The Morgan fingerprint density at radius 2 is 1.81 bits per heavy atom. The number of ether oxygens (including phenoxy) is 1. The molecule has 0 bridgehead atoms. The number of hydrogen-bond acceptors (Lipinski definition) is 2. The molecular formula is C22H32N2O2. The maximum atomic E-state index is 12.3. The number of nitrogens with two attached hydrogens (primary N) is 1. The summed E-state index contributed by atoms with van der Waals surface area (Å²) >= 11 is 0. The van der Waals surface area contributed by atoms with E-state index in [0.29, 0.717) is 5.56 Å². The van der Waals surface area contributed by atoms with Gasteiger partial charge in [-0.3, -0.25) is 4.79 Å². The van der Waals surface area contributed by atoms with Crippen molar-refractivity contribution >= 4 is 5.91 Å². The van der Waals surface area contributed by atoms with Crippen molar-refractivity contribution in [1.29, 1.82) is 0 Å². The molecule has 0 saturated carbocycles. The highest BCUT2D eigenvalue weighted by atomic mass is 16.5. The first-order chi connectivity index (χ1) is 12.5. The highest BCUT2D eigenvalue weighted by Gasteiger charge is 2.24. The van der Waals surface area contributed by atoms with E-state index in [9.17, 15) is 4.79 Å². The number of amides is 1. The molecule has 4 nitrogen and oxygen atoms in total. The fourth-order valence-electron chi connectivity index (χ4n) is 3.51. The molecule has 26 heavy (non-hydrogen) atoms. The zero-order valence-electron chi connectivity index (χ0n) is 16.6. The number of nitrogens with zero attached hydrogens (tertiary/aromatic N) is 1. The van der Waals surface area contributed by atoms with E-state index < -0.39 is 0 Å². The summed E-state index contributed by atoms with van der Waals surface area (Å²) in [5.41, 5.74) is 11.9. The second kappa shape index (κ2) is 9.58. The second-order valence-corrected chi connectivity index (χ2v) is 6.82. The fraction of sp³-hybridized carbons (Fsp3) is 0.500. The highest BCUT2D eigenvalue weighted by molar-refractivity contribution is 6.02. The number of unbranched alkanes of at least 4 members (excludes halogenated alkanes) is 1. The molecule has 2 aromatic rings. The van der Waals surface area contributed by atoms with Crippen molar-refractivity contribution in [3.05, 3.63) is 46.8 Å². The molecule has 0 radical (unpaired) electrons. The summed E-state index contributed by atoms with van der Waals surface area (Å²) in [6.45, 7) is 10.6. The van der Waals surface area contributed by atoms with E-state index in [0.717, 1.165) is 62.3 Å². The molecule has 0 unspecified atom stereocenters. The van der Waals surface area contributed by atoms with E-state index in [2.05, 4.69) is 42.7 Å². The first kappa shape index (κ1) is 20.2. The average Bonchev–Trinajstić information content (AvgIpc) is 2.89. The summed E-state index contributed by atoms with van der Waals surface area (Å²) in [5.74, 6) is -0.348. The Hall–Kier alpha value is -2.07. The van der Waals surface area contributed by atoms with Gasteiger partial charge >= 0.3 is 0 Å². The van der Waals surface area contributed by atoms with Crippen molar-refractivity contribution in [3.8, 4) is 11.1 Å². The van der Waals surface area contributed by atoms with E-state index in [4.69, 9.17) is 10.5 Å². The third-order valence-corrected chi connectivity index (χ3v) is 4.86. The van der Waals surface area contributed by atoms with Crippen LogP contribution in [0.15, 0.2) is 24.3 Å². The molecule has 142 valence electrons. The van der Waals surface area contributed by atoms with Crippen molar-refractivity contribution in [2.45, 2.75) is 59.9 Å². The minimum atomic E-state index is -0.348. The van der Waals surface area contributed by atoms with Crippen LogP contribution >= 0.6 is 0 Å². The van der Waals surface area contributed by atoms with Crippen LogP contribution in [0.5, 0.6) is 0 Å². The Bertz CT molecular complexity index is 730. The van der Waals surface area contributed by atoms with Crippen LogP contribution in [0, 0.1) is 13.8 Å². The molecule has 0 fully saturated rings. The topological polar surface area (TPSA) is 57.2 Å². The van der Waals surface area contributed by atoms with Crippen LogP contribution in [0.25, 0.3) is 11.1 Å². The second-order valence-electron chi connectivity index (χ2n) is 6.82. The van der Waals surface area contributed by atoms with E-state index in [1.54, 1.807) is 0 Å². The predicted octanol–water partition coefficient (Wildman–Crippen LogP) is 4.64. The molecule has 2 N–H and O–H groups in total. The molecule has 1 aromatic carbocycles. The molecule has 2 rings (SSSR count). The van der Waals surface area contributed by atoms with Gasteiger partial charge in [0.1, 0.15) is 0 Å². The number of aromatic nitrogens is 1. The van der Waals surface area contributed by atoms with Crippen molar-refractivity contribution in [2.75, 3.05) is 13.2 Å². The number of carbonyl (C=O) groups excluding carboxylic acids is 1. The van der Waals surface area contributed by atoms with Gasteiger partial charge in [0.05, 0.1) is 5.56 Å². The summed E-state index contributed by atoms with van der Waals surface area (Å²) in [5, 5.41) is 0. The number of rotatable bonds is 10. The van der Waals surface area contributed by atoms with Gasteiger partial charge in [-0.05, 0) is 45.6 Å². The quantitative estimate of drug-likeness (QED) is 0.631.